The lowest BCUT2D eigenvalue weighted by Crippen LogP contribution is -2.58. The number of para-hydroxylation sites is 1. The summed E-state index contributed by atoms with van der Waals surface area (Å²) < 4.78 is 46.0. The summed E-state index contributed by atoms with van der Waals surface area (Å²) in [6.45, 7) is 1.59. The van der Waals surface area contributed by atoms with Gasteiger partial charge in [-0.1, -0.05) is 43.2 Å². The van der Waals surface area contributed by atoms with E-state index in [0.29, 0.717) is 54.8 Å². The zero-order valence-corrected chi connectivity index (χ0v) is 32.8. The maximum absolute atomic E-state index is 14.6. The topological polar surface area (TPSA) is 182 Å². The van der Waals surface area contributed by atoms with E-state index in [9.17, 15) is 27.6 Å². The van der Waals surface area contributed by atoms with Crippen LogP contribution in [-0.4, -0.2) is 90.3 Å². The Morgan fingerprint density at radius 2 is 1.82 bits per heavy atom. The summed E-state index contributed by atoms with van der Waals surface area (Å²) in [5.74, 6) is -1.17. The number of hydrogen-bond donors (Lipinski definition) is 3. The third-order valence-corrected chi connectivity index (χ3v) is 14.6. The predicted molar refractivity (Wildman–Crippen MR) is 207 cm³/mol. The number of nitrogens with zero attached hydrogens (tertiary/aromatic N) is 2. The van der Waals surface area contributed by atoms with Crippen molar-refractivity contribution in [3.63, 3.8) is 0 Å². The van der Waals surface area contributed by atoms with E-state index in [1.165, 1.54) is 4.90 Å². The van der Waals surface area contributed by atoms with Crippen molar-refractivity contribution in [3.05, 3.63) is 48.1 Å². The van der Waals surface area contributed by atoms with Gasteiger partial charge in [-0.05, 0) is 95.3 Å². The van der Waals surface area contributed by atoms with Crippen LogP contribution in [0.15, 0.2) is 42.5 Å². The van der Waals surface area contributed by atoms with Crippen LogP contribution in [0.2, 0.25) is 0 Å². The average Bonchev–Trinajstić information content (AvgIpc) is 4.13. The molecule has 56 heavy (non-hydrogen) atoms. The number of rotatable bonds is 4. The van der Waals surface area contributed by atoms with Crippen LogP contribution in [0.3, 0.4) is 0 Å². The number of carbonyl (C=O) groups excluding carboxylic acids is 4. The summed E-state index contributed by atoms with van der Waals surface area (Å²) in [4.78, 5) is 62.6. The number of alkyl carbamates (subject to hydrolysis) is 1. The summed E-state index contributed by atoms with van der Waals surface area (Å²) in [5.41, 5.74) is -0.225. The van der Waals surface area contributed by atoms with Crippen LogP contribution in [0.1, 0.15) is 96.0 Å². The number of carbonyl (C=O) groups is 4. The highest BCUT2D eigenvalue weighted by atomic mass is 32.2. The molecule has 8 rings (SSSR count). The van der Waals surface area contributed by atoms with Gasteiger partial charge in [-0.25, -0.2) is 18.2 Å². The fraction of sp³-hybridized carbons (Fsp3) is 0.585. The molecule has 0 radical (unpaired) electrons. The molecule has 14 nitrogen and oxygen atoms in total. The average molecular weight is 790 g/mol. The normalized spacial score (nSPS) is 32.8. The van der Waals surface area contributed by atoms with Gasteiger partial charge in [-0.15, -0.1) is 0 Å². The lowest BCUT2D eigenvalue weighted by Gasteiger charge is -2.30. The molecule has 4 fully saturated rings. The van der Waals surface area contributed by atoms with Crippen molar-refractivity contribution in [3.8, 4) is 11.6 Å². The Kier molecular flexibility index (Phi) is 10.2. The number of nitrogens with one attached hydrogen (secondary N) is 3. The summed E-state index contributed by atoms with van der Waals surface area (Å²) in [6.07, 6.45) is 13.9. The van der Waals surface area contributed by atoms with Crippen LogP contribution in [0, 0.1) is 11.8 Å². The lowest BCUT2D eigenvalue weighted by atomic mass is 10.0. The van der Waals surface area contributed by atoms with E-state index < -0.39 is 68.2 Å². The highest BCUT2D eigenvalue weighted by Gasteiger charge is 2.63. The van der Waals surface area contributed by atoms with E-state index >= 15 is 0 Å². The Balaban J connectivity index is 1.15. The molecule has 15 heteroatoms. The quantitative estimate of drug-likeness (QED) is 0.369. The van der Waals surface area contributed by atoms with Crippen molar-refractivity contribution in [1.82, 2.24) is 25.2 Å². The van der Waals surface area contributed by atoms with Gasteiger partial charge in [0.15, 0.2) is 0 Å². The molecule has 3 N–H and O–H groups in total. The van der Waals surface area contributed by atoms with Crippen LogP contribution in [0.5, 0.6) is 11.6 Å². The lowest BCUT2D eigenvalue weighted by molar-refractivity contribution is -0.141. The van der Waals surface area contributed by atoms with Gasteiger partial charge in [-0.3, -0.25) is 19.1 Å². The summed E-state index contributed by atoms with van der Waals surface area (Å²) in [7, 11) is -2.39. The smallest absolute Gasteiger partial charge is 0.408 e. The van der Waals surface area contributed by atoms with Crippen molar-refractivity contribution < 1.29 is 41.8 Å². The molecule has 4 heterocycles. The van der Waals surface area contributed by atoms with Gasteiger partial charge in [0, 0.05) is 17.7 Å². The Morgan fingerprint density at radius 1 is 1.02 bits per heavy atom. The Bertz CT molecular complexity index is 2080. The largest absolute Gasteiger partial charge is 0.495 e. The molecule has 3 aliphatic carbocycles. The third-order valence-electron chi connectivity index (χ3n) is 12.4. The summed E-state index contributed by atoms with van der Waals surface area (Å²) >= 11 is 0. The summed E-state index contributed by atoms with van der Waals surface area (Å²) in [6, 6.07) is 5.50. The molecule has 1 aromatic heterocycles. The molecule has 1 unspecified atom stereocenters. The van der Waals surface area contributed by atoms with Gasteiger partial charge in [0.2, 0.25) is 27.7 Å². The van der Waals surface area contributed by atoms with E-state index in [1.54, 1.807) is 14.0 Å². The molecule has 300 valence electrons. The third kappa shape index (κ3) is 7.58. The van der Waals surface area contributed by atoms with E-state index in [1.807, 2.05) is 48.6 Å². The fourth-order valence-corrected chi connectivity index (χ4v) is 9.73. The van der Waals surface area contributed by atoms with Crippen molar-refractivity contribution in [2.75, 3.05) is 13.7 Å². The zero-order valence-electron chi connectivity index (χ0n) is 32.0. The molecule has 2 aromatic rings. The second-order valence-electron chi connectivity index (χ2n) is 16.6. The van der Waals surface area contributed by atoms with Crippen LogP contribution in [0.25, 0.3) is 17.0 Å². The molecule has 3 aliphatic heterocycles. The maximum atomic E-state index is 14.6. The second kappa shape index (κ2) is 15.0. The Hall–Kier alpha value is -4.66. The molecule has 1 saturated heterocycles. The van der Waals surface area contributed by atoms with Crippen LogP contribution < -0.4 is 24.8 Å². The highest BCUT2D eigenvalue weighted by Crippen LogP contribution is 2.48. The first-order valence-electron chi connectivity index (χ1n) is 20.0. The monoisotopic (exact) mass is 789 g/mol. The van der Waals surface area contributed by atoms with E-state index in [0.717, 1.165) is 43.9 Å². The maximum Gasteiger partial charge on any atom is 0.408 e. The molecule has 4 amide bonds. The van der Waals surface area contributed by atoms with Crippen molar-refractivity contribution >= 4 is 50.8 Å². The fourth-order valence-electron chi connectivity index (χ4n) is 8.42. The van der Waals surface area contributed by atoms with Crippen molar-refractivity contribution in [1.29, 1.82) is 0 Å². The van der Waals surface area contributed by atoms with Gasteiger partial charge in [0.1, 0.15) is 35.6 Å². The van der Waals surface area contributed by atoms with Gasteiger partial charge in [0.05, 0.1) is 29.5 Å². The number of amides is 4. The Labute approximate surface area is 327 Å². The first kappa shape index (κ1) is 38.2. The van der Waals surface area contributed by atoms with Crippen LogP contribution in [-0.2, 0) is 29.1 Å². The predicted octanol–water partition coefficient (Wildman–Crippen LogP) is 4.67. The molecular formula is C41H51N5O9S. The van der Waals surface area contributed by atoms with E-state index in [2.05, 4.69) is 15.4 Å². The number of aromatic nitrogens is 1. The minimum Gasteiger partial charge on any atom is -0.495 e. The number of benzene rings is 1. The van der Waals surface area contributed by atoms with E-state index in [4.69, 9.17) is 19.2 Å². The Morgan fingerprint density at radius 3 is 2.62 bits per heavy atom. The van der Waals surface area contributed by atoms with Crippen molar-refractivity contribution in [2.24, 2.45) is 11.8 Å². The van der Waals surface area contributed by atoms with Gasteiger partial charge in [0.25, 0.3) is 5.91 Å². The molecule has 3 saturated carbocycles. The van der Waals surface area contributed by atoms with Crippen molar-refractivity contribution in [2.45, 2.75) is 125 Å². The van der Waals surface area contributed by atoms with Crippen LogP contribution >= 0.6 is 0 Å². The van der Waals surface area contributed by atoms with E-state index in [-0.39, 0.29) is 31.4 Å². The minimum atomic E-state index is -3.99. The number of sulfonamides is 1. The highest BCUT2D eigenvalue weighted by molar-refractivity contribution is 7.91. The summed E-state index contributed by atoms with van der Waals surface area (Å²) in [5, 5.41) is 6.56. The van der Waals surface area contributed by atoms with Gasteiger partial charge >= 0.3 is 6.09 Å². The number of ether oxygens (including phenoxy) is 3. The number of allylic oxidation sites excluding steroid dienone is 2. The molecule has 0 spiro atoms. The minimum absolute atomic E-state index is 0.00984. The molecule has 6 aliphatic rings. The van der Waals surface area contributed by atoms with Crippen LogP contribution in [0.4, 0.5) is 4.79 Å². The number of pyridine rings is 1. The van der Waals surface area contributed by atoms with Gasteiger partial charge < -0.3 is 29.7 Å². The van der Waals surface area contributed by atoms with Gasteiger partial charge in [-0.2, -0.15) is 0 Å². The SMILES string of the molecule is COc1c2c(nc3ccccc13)O[C@@H]1C[C@H]3C(=O)N[C@]4(C(=O)NS(=O)(=O)C5(C)CC5)CC4/C=C\CCCCC[C@H](NC(=O)O[C@@H]4C[C@H]4CCC/C=C/2)C(=O)N3C1. The number of methoxy groups -OCH3 is 1. The number of fused-ring (bicyclic) bond motifs is 6. The molecule has 3 bridgehead atoms. The molecule has 7 atom stereocenters. The first-order valence-corrected chi connectivity index (χ1v) is 21.5. The number of hydrogen-bond acceptors (Lipinski definition) is 10. The standard InChI is InChI=1S/C41H51N5O9S/c1-40(19-20-40)56(51,52)45-38(49)41-23-26(41)14-8-4-3-5-10-18-31-37(48)46-24-27(22-32(46)35(47)44-41)54-36-29(34(53-2)28-15-11-12-17-30(28)42-36)16-9-6-7-13-25-21-33(25)55-39(50)43-31/h8-9,11-12,14-17,25-27,31-33H,3-7,10,13,18-24H2,1-2H3,(H,43,50)(H,44,47)(H,45,49)/b14-8-,16-9+/t25-,26?,27-,31+,32+,33-,41-/m1/s1. The molecular weight excluding hydrogens is 739 g/mol. The second-order valence-corrected chi connectivity index (χ2v) is 18.8. The first-order chi connectivity index (χ1) is 26.9. The zero-order chi connectivity index (χ0) is 39.2. The molecule has 1 aromatic carbocycles.